The molecule has 1 heterocycles. The second-order valence-electron chi connectivity index (χ2n) is 7.27. The molecule has 2 heteroatoms. The fourth-order valence-electron chi connectivity index (χ4n) is 4.18. The number of benzene rings is 1. The molecule has 1 N–H and O–H groups in total. The van der Waals surface area contributed by atoms with Crippen molar-refractivity contribution in [2.45, 2.75) is 57.0 Å². The highest BCUT2D eigenvalue weighted by atomic mass is 15.2. The number of likely N-dealkylation sites (tertiary alicyclic amines) is 1. The van der Waals surface area contributed by atoms with E-state index in [-0.39, 0.29) is 0 Å². The van der Waals surface area contributed by atoms with Gasteiger partial charge in [-0.15, -0.1) is 0 Å². The number of aryl methyl sites for hydroxylation is 1. The van der Waals surface area contributed by atoms with Crippen molar-refractivity contribution in [3.8, 4) is 0 Å². The molecule has 2 fully saturated rings. The van der Waals surface area contributed by atoms with E-state index in [4.69, 9.17) is 0 Å². The lowest BCUT2D eigenvalue weighted by Crippen LogP contribution is -2.44. The maximum Gasteiger partial charge on any atom is 0.0350 e. The Morgan fingerprint density at radius 3 is 2.62 bits per heavy atom. The Morgan fingerprint density at radius 2 is 1.81 bits per heavy atom. The van der Waals surface area contributed by atoms with E-state index < -0.39 is 0 Å². The summed E-state index contributed by atoms with van der Waals surface area (Å²) in [7, 11) is 0. The number of hydrogen-bond donors (Lipinski definition) is 1. The summed E-state index contributed by atoms with van der Waals surface area (Å²) in [5, 5.41) is 3.80. The molecule has 0 bridgehead atoms. The van der Waals surface area contributed by atoms with Crippen LogP contribution in [0.25, 0.3) is 0 Å². The summed E-state index contributed by atoms with van der Waals surface area (Å²) in [6.45, 7) is 3.83. The highest BCUT2D eigenvalue weighted by Crippen LogP contribution is 2.35. The predicted molar refractivity (Wildman–Crippen MR) is 87.4 cm³/mol. The first kappa shape index (κ1) is 13.8. The van der Waals surface area contributed by atoms with Gasteiger partial charge in [0.1, 0.15) is 0 Å². The van der Waals surface area contributed by atoms with E-state index in [1.54, 1.807) is 11.1 Å². The summed E-state index contributed by atoms with van der Waals surface area (Å²) in [6.07, 6.45) is 9.61. The first-order valence-electron chi connectivity index (χ1n) is 8.95. The summed E-state index contributed by atoms with van der Waals surface area (Å²) in [4.78, 5) is 2.76. The minimum absolute atomic E-state index is 0.694. The molecule has 21 heavy (non-hydrogen) atoms. The topological polar surface area (TPSA) is 15.3 Å². The smallest absolute Gasteiger partial charge is 0.0350 e. The SMILES string of the molecule is c1ccc2c(c1)CCCC2N1CCC(NCC2CC2)CC1. The van der Waals surface area contributed by atoms with E-state index in [2.05, 4.69) is 34.5 Å². The lowest BCUT2D eigenvalue weighted by Gasteiger charge is -2.40. The van der Waals surface area contributed by atoms with Gasteiger partial charge in [-0.05, 0) is 68.5 Å². The van der Waals surface area contributed by atoms with Crippen LogP contribution in [0.5, 0.6) is 0 Å². The van der Waals surface area contributed by atoms with E-state index in [1.165, 1.54) is 64.6 Å². The Morgan fingerprint density at radius 1 is 1.00 bits per heavy atom. The first-order chi connectivity index (χ1) is 10.4. The molecule has 0 amide bonds. The monoisotopic (exact) mass is 284 g/mol. The highest BCUT2D eigenvalue weighted by Gasteiger charge is 2.29. The summed E-state index contributed by atoms with van der Waals surface area (Å²) in [6, 6.07) is 10.6. The van der Waals surface area contributed by atoms with Crippen molar-refractivity contribution in [3.63, 3.8) is 0 Å². The Balaban J connectivity index is 1.35. The Kier molecular flexibility index (Phi) is 4.00. The molecule has 1 saturated carbocycles. The Bertz CT molecular complexity index is 472. The number of nitrogens with one attached hydrogen (secondary N) is 1. The van der Waals surface area contributed by atoms with Gasteiger partial charge in [0.2, 0.25) is 0 Å². The molecule has 2 nitrogen and oxygen atoms in total. The van der Waals surface area contributed by atoms with Gasteiger partial charge in [0.25, 0.3) is 0 Å². The van der Waals surface area contributed by atoms with Gasteiger partial charge in [-0.3, -0.25) is 4.90 Å². The third-order valence-corrected chi connectivity index (χ3v) is 5.70. The van der Waals surface area contributed by atoms with Crippen molar-refractivity contribution < 1.29 is 0 Å². The van der Waals surface area contributed by atoms with Crippen LogP contribution in [-0.4, -0.2) is 30.6 Å². The number of nitrogens with zero attached hydrogens (tertiary/aromatic N) is 1. The van der Waals surface area contributed by atoms with Gasteiger partial charge >= 0.3 is 0 Å². The molecule has 1 atom stereocenters. The van der Waals surface area contributed by atoms with Crippen LogP contribution in [0.2, 0.25) is 0 Å². The maximum absolute atomic E-state index is 3.80. The van der Waals surface area contributed by atoms with Crippen LogP contribution in [0.15, 0.2) is 24.3 Å². The molecule has 1 saturated heterocycles. The summed E-state index contributed by atoms with van der Waals surface area (Å²) in [5.41, 5.74) is 3.22. The lowest BCUT2D eigenvalue weighted by atomic mass is 9.86. The van der Waals surface area contributed by atoms with E-state index in [0.29, 0.717) is 6.04 Å². The van der Waals surface area contributed by atoms with Crippen LogP contribution < -0.4 is 5.32 Å². The predicted octanol–water partition coefficient (Wildman–Crippen LogP) is 3.53. The normalized spacial score (nSPS) is 27.5. The van der Waals surface area contributed by atoms with Gasteiger partial charge in [-0.25, -0.2) is 0 Å². The minimum Gasteiger partial charge on any atom is -0.314 e. The zero-order valence-electron chi connectivity index (χ0n) is 13.1. The van der Waals surface area contributed by atoms with Gasteiger partial charge in [-0.1, -0.05) is 24.3 Å². The van der Waals surface area contributed by atoms with E-state index in [0.717, 1.165) is 12.0 Å². The van der Waals surface area contributed by atoms with Crippen molar-refractivity contribution in [3.05, 3.63) is 35.4 Å². The first-order valence-corrected chi connectivity index (χ1v) is 8.95. The molecule has 3 aliphatic rings. The molecule has 0 aromatic heterocycles. The second kappa shape index (κ2) is 6.10. The minimum atomic E-state index is 0.694. The molecule has 1 unspecified atom stereocenters. The molecule has 1 aromatic rings. The Hall–Kier alpha value is -0.860. The third-order valence-electron chi connectivity index (χ3n) is 5.70. The van der Waals surface area contributed by atoms with E-state index in [9.17, 15) is 0 Å². The maximum atomic E-state index is 3.80. The molecular formula is C19H28N2. The Labute approximate surface area is 128 Å². The third kappa shape index (κ3) is 3.17. The van der Waals surface area contributed by atoms with Crippen molar-refractivity contribution >= 4 is 0 Å². The van der Waals surface area contributed by atoms with E-state index >= 15 is 0 Å². The van der Waals surface area contributed by atoms with Crippen LogP contribution in [0, 0.1) is 5.92 Å². The zero-order valence-corrected chi connectivity index (χ0v) is 13.1. The summed E-state index contributed by atoms with van der Waals surface area (Å²) < 4.78 is 0. The van der Waals surface area contributed by atoms with Gasteiger partial charge in [0, 0.05) is 25.2 Å². The van der Waals surface area contributed by atoms with E-state index in [1.807, 2.05) is 0 Å². The van der Waals surface area contributed by atoms with Gasteiger partial charge in [0.05, 0.1) is 0 Å². The molecular weight excluding hydrogens is 256 g/mol. The zero-order chi connectivity index (χ0) is 14.1. The largest absolute Gasteiger partial charge is 0.314 e. The molecule has 0 spiro atoms. The fraction of sp³-hybridized carbons (Fsp3) is 0.684. The van der Waals surface area contributed by atoms with Crippen molar-refractivity contribution in [2.75, 3.05) is 19.6 Å². The molecule has 0 radical (unpaired) electrons. The molecule has 2 aliphatic carbocycles. The van der Waals surface area contributed by atoms with Gasteiger partial charge in [0.15, 0.2) is 0 Å². The van der Waals surface area contributed by atoms with Gasteiger partial charge in [-0.2, -0.15) is 0 Å². The quantitative estimate of drug-likeness (QED) is 0.910. The number of piperidine rings is 1. The second-order valence-corrected chi connectivity index (χ2v) is 7.27. The van der Waals surface area contributed by atoms with Crippen LogP contribution in [0.4, 0.5) is 0 Å². The van der Waals surface area contributed by atoms with Crippen molar-refractivity contribution in [1.82, 2.24) is 10.2 Å². The number of rotatable bonds is 4. The van der Waals surface area contributed by atoms with Crippen LogP contribution >= 0.6 is 0 Å². The van der Waals surface area contributed by atoms with Crippen LogP contribution in [-0.2, 0) is 6.42 Å². The molecule has 1 aromatic carbocycles. The molecule has 114 valence electrons. The average Bonchev–Trinajstić information content (AvgIpc) is 3.37. The molecule has 1 aliphatic heterocycles. The number of hydrogen-bond acceptors (Lipinski definition) is 2. The number of fused-ring (bicyclic) bond motifs is 1. The lowest BCUT2D eigenvalue weighted by molar-refractivity contribution is 0.130. The summed E-state index contributed by atoms with van der Waals surface area (Å²) >= 11 is 0. The van der Waals surface area contributed by atoms with Crippen LogP contribution in [0.1, 0.15) is 55.7 Å². The molecule has 4 rings (SSSR count). The highest BCUT2D eigenvalue weighted by molar-refractivity contribution is 5.32. The summed E-state index contributed by atoms with van der Waals surface area (Å²) in [5.74, 6) is 1.01. The standard InChI is InChI=1S/C19H28N2/c1-2-6-18-16(4-1)5-3-7-19(18)21-12-10-17(11-13-21)20-14-15-8-9-15/h1-2,4,6,15,17,19-20H,3,5,7-14H2. The average molecular weight is 284 g/mol. The van der Waals surface area contributed by atoms with Gasteiger partial charge < -0.3 is 5.32 Å². The van der Waals surface area contributed by atoms with Crippen molar-refractivity contribution in [2.24, 2.45) is 5.92 Å². The van der Waals surface area contributed by atoms with Crippen molar-refractivity contribution in [1.29, 1.82) is 0 Å². The van der Waals surface area contributed by atoms with Crippen LogP contribution in [0.3, 0.4) is 0 Å². The fourth-order valence-corrected chi connectivity index (χ4v) is 4.18.